The molecule has 0 N–H and O–H groups in total. The van der Waals surface area contributed by atoms with Gasteiger partial charge in [0.1, 0.15) is 11.3 Å². The van der Waals surface area contributed by atoms with Crippen LogP contribution in [0.15, 0.2) is 30.3 Å². The summed E-state index contributed by atoms with van der Waals surface area (Å²) in [5, 5.41) is 11.9. The van der Waals surface area contributed by atoms with Crippen LogP contribution in [0.4, 0.5) is 10.8 Å². The molecular formula is C22H23ClN4O5S. The number of nitro groups is 1. The maximum absolute atomic E-state index is 13.6. The number of carbonyl (C=O) groups excluding carboxylic acids is 1. The van der Waals surface area contributed by atoms with Crippen molar-refractivity contribution < 1.29 is 19.2 Å². The smallest absolute Gasteiger partial charge is 0.270 e. The van der Waals surface area contributed by atoms with Crippen LogP contribution >= 0.6 is 22.9 Å². The third-order valence-corrected chi connectivity index (χ3v) is 7.07. The predicted molar refractivity (Wildman–Crippen MR) is 128 cm³/mol. The number of non-ortho nitro benzene ring substituents is 1. The van der Waals surface area contributed by atoms with Gasteiger partial charge in [-0.15, -0.1) is 0 Å². The van der Waals surface area contributed by atoms with E-state index in [2.05, 4.69) is 4.90 Å². The third kappa shape index (κ3) is 4.93. The van der Waals surface area contributed by atoms with E-state index >= 15 is 0 Å². The Morgan fingerprint density at radius 1 is 1.33 bits per heavy atom. The fourth-order valence-electron chi connectivity index (χ4n) is 3.66. The van der Waals surface area contributed by atoms with Crippen LogP contribution in [-0.2, 0) is 4.74 Å². The molecule has 0 bridgehead atoms. The van der Waals surface area contributed by atoms with Crippen molar-refractivity contribution in [2.45, 2.75) is 6.92 Å². The van der Waals surface area contributed by atoms with Crippen molar-refractivity contribution in [2.75, 3.05) is 51.4 Å². The first-order valence-corrected chi connectivity index (χ1v) is 11.6. The van der Waals surface area contributed by atoms with Crippen molar-refractivity contribution in [3.05, 3.63) is 56.6 Å². The lowest BCUT2D eigenvalue weighted by Gasteiger charge is -2.29. The Morgan fingerprint density at radius 2 is 2.09 bits per heavy atom. The highest BCUT2D eigenvalue weighted by Gasteiger charge is 2.27. The van der Waals surface area contributed by atoms with E-state index in [1.807, 2.05) is 19.1 Å². The van der Waals surface area contributed by atoms with Crippen LogP contribution in [0.3, 0.4) is 0 Å². The lowest BCUT2D eigenvalue weighted by atomic mass is 10.1. The molecular weight excluding hydrogens is 468 g/mol. The van der Waals surface area contributed by atoms with Gasteiger partial charge in [-0.3, -0.25) is 24.7 Å². The maximum atomic E-state index is 13.6. The largest absolute Gasteiger partial charge is 0.494 e. The number of thiazole rings is 1. The Morgan fingerprint density at radius 3 is 2.79 bits per heavy atom. The lowest BCUT2D eigenvalue weighted by Crippen LogP contribution is -2.43. The van der Waals surface area contributed by atoms with Crippen LogP contribution in [0.5, 0.6) is 5.75 Å². The Hall–Kier alpha value is -2.79. The van der Waals surface area contributed by atoms with Crippen molar-refractivity contribution in [1.29, 1.82) is 0 Å². The van der Waals surface area contributed by atoms with Gasteiger partial charge in [0, 0.05) is 38.3 Å². The maximum Gasteiger partial charge on any atom is 0.270 e. The van der Waals surface area contributed by atoms with Crippen LogP contribution in [0.25, 0.3) is 10.2 Å². The third-order valence-electron chi connectivity index (χ3n) is 5.52. The van der Waals surface area contributed by atoms with Gasteiger partial charge in [-0.1, -0.05) is 29.0 Å². The number of carbonyl (C=O) groups is 1. The first kappa shape index (κ1) is 23.4. The van der Waals surface area contributed by atoms with Crippen molar-refractivity contribution in [3.63, 3.8) is 0 Å². The summed E-state index contributed by atoms with van der Waals surface area (Å²) in [6.07, 6.45) is 0. The molecule has 0 saturated carbocycles. The minimum Gasteiger partial charge on any atom is -0.494 e. The topological polar surface area (TPSA) is 98.0 Å². The summed E-state index contributed by atoms with van der Waals surface area (Å²) in [5.41, 5.74) is 1.56. The number of aromatic nitrogens is 1. The molecule has 2 aromatic carbocycles. The number of halogens is 1. The number of fused-ring (bicyclic) bond motifs is 1. The predicted octanol–water partition coefficient (Wildman–Crippen LogP) is 4.15. The summed E-state index contributed by atoms with van der Waals surface area (Å²) in [6.45, 7) is 5.75. The van der Waals surface area contributed by atoms with E-state index in [0.29, 0.717) is 42.7 Å². The van der Waals surface area contributed by atoms with E-state index in [9.17, 15) is 14.9 Å². The molecule has 3 aromatic rings. The molecule has 0 unspecified atom stereocenters. The molecule has 0 radical (unpaired) electrons. The normalized spacial score (nSPS) is 14.4. The molecule has 9 nitrogen and oxygen atoms in total. The first-order chi connectivity index (χ1) is 15.9. The molecule has 1 saturated heterocycles. The number of benzene rings is 2. The number of amides is 1. The number of hydrogen-bond donors (Lipinski definition) is 0. The van der Waals surface area contributed by atoms with Crippen LogP contribution in [0, 0.1) is 17.0 Å². The van der Waals surface area contributed by atoms with Gasteiger partial charge in [0.15, 0.2) is 5.13 Å². The summed E-state index contributed by atoms with van der Waals surface area (Å²) >= 11 is 7.68. The Balaban J connectivity index is 1.74. The van der Waals surface area contributed by atoms with Crippen LogP contribution < -0.4 is 9.64 Å². The molecule has 0 spiro atoms. The van der Waals surface area contributed by atoms with Crippen molar-refractivity contribution in [1.82, 2.24) is 9.88 Å². The lowest BCUT2D eigenvalue weighted by molar-refractivity contribution is -0.384. The second kappa shape index (κ2) is 10.0. The summed E-state index contributed by atoms with van der Waals surface area (Å²) in [7, 11) is 1.58. The number of anilines is 1. The number of nitrogens with zero attached hydrogens (tertiary/aromatic N) is 4. The Labute approximate surface area is 199 Å². The quantitative estimate of drug-likeness (QED) is 0.362. The average molecular weight is 491 g/mol. The molecule has 1 amide bonds. The Bertz CT molecular complexity index is 1190. The minimum absolute atomic E-state index is 0.0655. The molecule has 1 aliphatic rings. The number of methoxy groups -OCH3 is 1. The highest BCUT2D eigenvalue weighted by molar-refractivity contribution is 7.22. The molecule has 1 aromatic heterocycles. The highest BCUT2D eigenvalue weighted by Crippen LogP contribution is 2.37. The highest BCUT2D eigenvalue weighted by atomic mass is 35.5. The van der Waals surface area contributed by atoms with E-state index in [1.54, 1.807) is 12.0 Å². The van der Waals surface area contributed by atoms with E-state index in [-0.39, 0.29) is 16.3 Å². The zero-order valence-corrected chi connectivity index (χ0v) is 19.8. The van der Waals surface area contributed by atoms with E-state index < -0.39 is 10.8 Å². The van der Waals surface area contributed by atoms with Gasteiger partial charge in [0.25, 0.3) is 11.6 Å². The van der Waals surface area contributed by atoms with Crippen LogP contribution in [-0.4, -0.2) is 67.2 Å². The SMILES string of the molecule is COc1ccc(C)c2sc(N(CCN3CCOCC3)C(=O)c3cc([N+](=O)[O-])ccc3Cl)nc12. The zero-order valence-electron chi connectivity index (χ0n) is 18.2. The summed E-state index contributed by atoms with van der Waals surface area (Å²) in [4.78, 5) is 32.8. The molecule has 1 aliphatic heterocycles. The van der Waals surface area contributed by atoms with Gasteiger partial charge in [-0.2, -0.15) is 0 Å². The Kier molecular flexibility index (Phi) is 7.08. The summed E-state index contributed by atoms with van der Waals surface area (Å²) < 4.78 is 11.8. The number of nitro benzene ring substituents is 1. The van der Waals surface area contributed by atoms with Gasteiger partial charge < -0.3 is 9.47 Å². The standard InChI is InChI=1S/C22H23ClN4O5S/c1-14-3-6-18(31-2)19-20(14)33-22(24-19)26(8-7-25-9-11-32-12-10-25)21(28)16-13-15(27(29)30)4-5-17(16)23/h3-6,13H,7-12H2,1-2H3. The van der Waals surface area contributed by atoms with Crippen LogP contribution in [0.1, 0.15) is 15.9 Å². The number of hydrogen-bond acceptors (Lipinski definition) is 8. The van der Waals surface area contributed by atoms with E-state index in [1.165, 1.54) is 29.5 Å². The monoisotopic (exact) mass is 490 g/mol. The fraction of sp³-hybridized carbons (Fsp3) is 0.364. The second-order valence-electron chi connectivity index (χ2n) is 7.59. The molecule has 11 heteroatoms. The summed E-state index contributed by atoms with van der Waals surface area (Å²) in [5.74, 6) is 0.180. The number of ether oxygens (including phenoxy) is 2. The van der Waals surface area contributed by atoms with Gasteiger partial charge in [0.05, 0.1) is 40.5 Å². The molecule has 2 heterocycles. The fourth-order valence-corrected chi connectivity index (χ4v) is 4.94. The second-order valence-corrected chi connectivity index (χ2v) is 8.98. The molecule has 4 rings (SSSR count). The number of aryl methyl sites for hydroxylation is 1. The van der Waals surface area contributed by atoms with Crippen molar-refractivity contribution >= 4 is 49.9 Å². The van der Waals surface area contributed by atoms with Gasteiger partial charge in [-0.05, 0) is 24.6 Å². The molecule has 174 valence electrons. The number of rotatable bonds is 7. The van der Waals surface area contributed by atoms with Gasteiger partial charge in [0.2, 0.25) is 0 Å². The van der Waals surface area contributed by atoms with Gasteiger partial charge >= 0.3 is 0 Å². The molecule has 33 heavy (non-hydrogen) atoms. The first-order valence-electron chi connectivity index (χ1n) is 10.4. The average Bonchev–Trinajstić information content (AvgIpc) is 3.26. The molecule has 0 aliphatic carbocycles. The number of morpholine rings is 1. The minimum atomic E-state index is -0.545. The van der Waals surface area contributed by atoms with E-state index in [4.69, 9.17) is 26.1 Å². The van der Waals surface area contributed by atoms with E-state index in [0.717, 1.165) is 23.4 Å². The van der Waals surface area contributed by atoms with Gasteiger partial charge in [-0.25, -0.2) is 4.98 Å². The molecule has 0 atom stereocenters. The van der Waals surface area contributed by atoms with Crippen LogP contribution in [0.2, 0.25) is 5.02 Å². The van der Waals surface area contributed by atoms with Crippen molar-refractivity contribution in [3.8, 4) is 5.75 Å². The summed E-state index contributed by atoms with van der Waals surface area (Å²) in [6, 6.07) is 7.66. The molecule has 1 fully saturated rings. The van der Waals surface area contributed by atoms with Crippen molar-refractivity contribution in [2.24, 2.45) is 0 Å². The zero-order chi connectivity index (χ0) is 23.5.